The van der Waals surface area contributed by atoms with Crippen LogP contribution in [0.2, 0.25) is 10.0 Å². The number of sulfonamides is 1. The van der Waals surface area contributed by atoms with E-state index >= 15 is 0 Å². The van der Waals surface area contributed by atoms with Crippen molar-refractivity contribution in [3.63, 3.8) is 0 Å². The summed E-state index contributed by atoms with van der Waals surface area (Å²) >= 11 is 18.6. The summed E-state index contributed by atoms with van der Waals surface area (Å²) in [7, 11) is -4.27. The zero-order valence-corrected chi connectivity index (χ0v) is 18.7. The molecule has 0 saturated carbocycles. The molecule has 11 heteroatoms. The zero-order valence-electron chi connectivity index (χ0n) is 13.2. The second kappa shape index (κ2) is 7.92. The minimum atomic E-state index is -4.27. The standard InChI is InChI=1S/C16H9Br2Cl2N3O3S/c17-9-4-10(18)6-11(5-9)23-7-14(21-8-23)16(24)22-27(25,26)15-12(19)2-1-3-13(15)20/h1-8H,(H,22,24). The minimum Gasteiger partial charge on any atom is -0.305 e. The van der Waals surface area contributed by atoms with Gasteiger partial charge in [0.2, 0.25) is 0 Å². The molecule has 0 aliphatic carbocycles. The molecule has 1 amide bonds. The number of halogens is 4. The molecule has 6 nitrogen and oxygen atoms in total. The number of carbonyl (C=O) groups is 1. The summed E-state index contributed by atoms with van der Waals surface area (Å²) in [6.07, 6.45) is 2.81. The molecule has 0 atom stereocenters. The second-order valence-corrected chi connectivity index (χ2v) is 9.54. The first-order chi connectivity index (χ1) is 12.7. The highest BCUT2D eigenvalue weighted by Crippen LogP contribution is 2.29. The molecular formula is C16H9Br2Cl2N3O3S. The Morgan fingerprint density at radius 1 is 1.07 bits per heavy atom. The van der Waals surface area contributed by atoms with E-state index < -0.39 is 15.9 Å². The number of nitrogens with zero attached hydrogens (tertiary/aromatic N) is 2. The fourth-order valence-electron chi connectivity index (χ4n) is 2.23. The lowest BCUT2D eigenvalue weighted by atomic mass is 10.3. The third-order valence-corrected chi connectivity index (χ3v) is 6.58. The normalized spacial score (nSPS) is 11.4. The molecule has 0 unspecified atom stereocenters. The van der Waals surface area contributed by atoms with Crippen molar-refractivity contribution in [3.8, 4) is 5.69 Å². The predicted molar refractivity (Wildman–Crippen MR) is 110 cm³/mol. The van der Waals surface area contributed by atoms with Crippen LogP contribution in [0.15, 0.2) is 62.8 Å². The van der Waals surface area contributed by atoms with Gasteiger partial charge in [0.15, 0.2) is 0 Å². The first kappa shape index (κ1) is 20.3. The van der Waals surface area contributed by atoms with Crippen LogP contribution < -0.4 is 4.72 Å². The van der Waals surface area contributed by atoms with E-state index in [-0.39, 0.29) is 20.6 Å². The van der Waals surface area contributed by atoms with Crippen molar-refractivity contribution >= 4 is 71.0 Å². The molecule has 3 rings (SSSR count). The molecule has 140 valence electrons. The van der Waals surface area contributed by atoms with E-state index in [0.717, 1.165) is 14.6 Å². The van der Waals surface area contributed by atoms with Gasteiger partial charge < -0.3 is 4.57 Å². The Balaban J connectivity index is 1.88. The van der Waals surface area contributed by atoms with Gasteiger partial charge in [-0.1, -0.05) is 61.1 Å². The Bertz CT molecular complexity index is 1110. The van der Waals surface area contributed by atoms with Crippen LogP contribution in [-0.4, -0.2) is 23.9 Å². The summed E-state index contributed by atoms with van der Waals surface area (Å²) in [5.74, 6) is -0.904. The van der Waals surface area contributed by atoms with E-state index in [4.69, 9.17) is 23.2 Å². The van der Waals surface area contributed by atoms with Gasteiger partial charge in [0, 0.05) is 20.8 Å². The van der Waals surface area contributed by atoms with E-state index in [1.165, 1.54) is 30.7 Å². The molecule has 0 saturated heterocycles. The number of hydrogen-bond acceptors (Lipinski definition) is 4. The Morgan fingerprint density at radius 3 is 2.26 bits per heavy atom. The quantitative estimate of drug-likeness (QED) is 0.502. The Hall–Kier alpha value is -1.39. The zero-order chi connectivity index (χ0) is 19.8. The van der Waals surface area contributed by atoms with Crippen LogP contribution in [-0.2, 0) is 10.0 Å². The Kier molecular flexibility index (Phi) is 5.97. The molecular weight excluding hydrogens is 545 g/mol. The molecule has 3 aromatic rings. The maximum Gasteiger partial charge on any atom is 0.285 e. The van der Waals surface area contributed by atoms with Crippen LogP contribution in [0.5, 0.6) is 0 Å². The molecule has 0 aliphatic rings. The van der Waals surface area contributed by atoms with Crippen molar-refractivity contribution in [1.82, 2.24) is 14.3 Å². The number of carbonyl (C=O) groups excluding carboxylic acids is 1. The Labute approximate surface area is 181 Å². The van der Waals surface area contributed by atoms with Gasteiger partial charge in [0.1, 0.15) is 16.9 Å². The molecule has 2 aromatic carbocycles. The van der Waals surface area contributed by atoms with Crippen LogP contribution in [0.25, 0.3) is 5.69 Å². The number of hydrogen-bond donors (Lipinski definition) is 1. The van der Waals surface area contributed by atoms with E-state index in [1.54, 1.807) is 4.57 Å². The van der Waals surface area contributed by atoms with E-state index in [9.17, 15) is 13.2 Å². The number of nitrogens with one attached hydrogen (secondary N) is 1. The highest BCUT2D eigenvalue weighted by molar-refractivity contribution is 9.11. The fourth-order valence-corrected chi connectivity index (χ4v) is 5.61. The fraction of sp³-hybridized carbons (Fsp3) is 0. The summed E-state index contributed by atoms with van der Waals surface area (Å²) in [5, 5.41) is -0.181. The molecule has 1 N–H and O–H groups in total. The topological polar surface area (TPSA) is 81.1 Å². The van der Waals surface area contributed by atoms with E-state index in [0.29, 0.717) is 0 Å². The molecule has 0 radical (unpaired) electrons. The molecule has 0 spiro atoms. The smallest absolute Gasteiger partial charge is 0.285 e. The van der Waals surface area contributed by atoms with Gasteiger partial charge in [-0.05, 0) is 30.3 Å². The largest absolute Gasteiger partial charge is 0.305 e. The molecule has 0 fully saturated rings. The second-order valence-electron chi connectivity index (χ2n) is 5.28. The molecule has 0 aliphatic heterocycles. The summed E-state index contributed by atoms with van der Waals surface area (Å²) in [6, 6.07) is 9.72. The van der Waals surface area contributed by atoms with Gasteiger partial charge in [-0.25, -0.2) is 18.1 Å². The summed E-state index contributed by atoms with van der Waals surface area (Å²) in [5.41, 5.74) is 0.637. The average molecular weight is 554 g/mol. The van der Waals surface area contributed by atoms with Crippen molar-refractivity contribution < 1.29 is 13.2 Å². The van der Waals surface area contributed by atoms with Crippen LogP contribution >= 0.6 is 55.1 Å². The maximum atomic E-state index is 12.5. The van der Waals surface area contributed by atoms with Crippen LogP contribution in [0.4, 0.5) is 0 Å². The van der Waals surface area contributed by atoms with E-state index in [1.807, 2.05) is 22.9 Å². The SMILES string of the molecule is O=C(NS(=O)(=O)c1c(Cl)cccc1Cl)c1cn(-c2cc(Br)cc(Br)c2)cn1. The Morgan fingerprint density at radius 2 is 1.67 bits per heavy atom. The van der Waals surface area contributed by atoms with Crippen molar-refractivity contribution in [2.24, 2.45) is 0 Å². The first-order valence-electron chi connectivity index (χ1n) is 7.19. The number of aromatic nitrogens is 2. The number of imidazole rings is 1. The van der Waals surface area contributed by atoms with Crippen molar-refractivity contribution in [1.29, 1.82) is 0 Å². The molecule has 1 aromatic heterocycles. The summed E-state index contributed by atoms with van der Waals surface area (Å²) < 4.78 is 30.1. The van der Waals surface area contributed by atoms with Crippen LogP contribution in [0, 0.1) is 0 Å². The third-order valence-electron chi connectivity index (χ3n) is 3.38. The lowest BCUT2D eigenvalue weighted by Crippen LogP contribution is -2.31. The van der Waals surface area contributed by atoms with Crippen LogP contribution in [0.3, 0.4) is 0 Å². The highest BCUT2D eigenvalue weighted by Gasteiger charge is 2.25. The van der Waals surface area contributed by atoms with Gasteiger partial charge in [-0.2, -0.15) is 0 Å². The maximum absolute atomic E-state index is 12.5. The van der Waals surface area contributed by atoms with Crippen LogP contribution in [0.1, 0.15) is 10.5 Å². The third kappa shape index (κ3) is 4.55. The number of benzene rings is 2. The van der Waals surface area contributed by atoms with Crippen molar-refractivity contribution in [2.45, 2.75) is 4.90 Å². The summed E-state index contributed by atoms with van der Waals surface area (Å²) in [4.78, 5) is 16.0. The van der Waals surface area contributed by atoms with Crippen molar-refractivity contribution in [2.75, 3.05) is 0 Å². The molecule has 1 heterocycles. The van der Waals surface area contributed by atoms with Gasteiger partial charge in [-0.3, -0.25) is 4.79 Å². The number of rotatable bonds is 4. The predicted octanol–water partition coefficient (Wildman–Crippen LogP) is 4.82. The lowest BCUT2D eigenvalue weighted by molar-refractivity contribution is 0.0977. The number of amides is 1. The minimum absolute atomic E-state index is 0.0853. The molecule has 27 heavy (non-hydrogen) atoms. The van der Waals surface area contributed by atoms with Crippen molar-refractivity contribution in [3.05, 3.63) is 73.6 Å². The monoisotopic (exact) mass is 551 g/mol. The average Bonchev–Trinajstić information content (AvgIpc) is 3.03. The van der Waals surface area contributed by atoms with Gasteiger partial charge in [0.05, 0.1) is 10.0 Å². The summed E-state index contributed by atoms with van der Waals surface area (Å²) in [6.45, 7) is 0. The van der Waals surface area contributed by atoms with E-state index in [2.05, 4.69) is 36.8 Å². The highest BCUT2D eigenvalue weighted by atomic mass is 79.9. The van der Waals surface area contributed by atoms with Gasteiger partial charge in [-0.15, -0.1) is 0 Å². The van der Waals surface area contributed by atoms with Gasteiger partial charge >= 0.3 is 0 Å². The van der Waals surface area contributed by atoms with Gasteiger partial charge in [0.25, 0.3) is 15.9 Å². The lowest BCUT2D eigenvalue weighted by Gasteiger charge is -2.09. The molecule has 0 bridgehead atoms. The first-order valence-corrected chi connectivity index (χ1v) is 11.0.